The summed E-state index contributed by atoms with van der Waals surface area (Å²) in [4.78, 5) is 30.5. The first-order chi connectivity index (χ1) is 14.1. The lowest BCUT2D eigenvalue weighted by molar-refractivity contribution is -0.129. The van der Waals surface area contributed by atoms with Crippen molar-refractivity contribution >= 4 is 11.8 Å². The summed E-state index contributed by atoms with van der Waals surface area (Å²) in [5.41, 5.74) is 1.54. The first-order valence-corrected chi connectivity index (χ1v) is 9.39. The number of rotatable bonds is 7. The monoisotopic (exact) mass is 395 g/mol. The molecule has 10 nitrogen and oxygen atoms in total. The number of amides is 2. The molecule has 0 bridgehead atoms. The summed E-state index contributed by atoms with van der Waals surface area (Å²) >= 11 is 0. The van der Waals surface area contributed by atoms with Crippen LogP contribution < -0.4 is 5.32 Å². The number of benzene rings is 1. The Morgan fingerprint density at radius 3 is 2.90 bits per heavy atom. The Morgan fingerprint density at radius 2 is 2.14 bits per heavy atom. The highest BCUT2D eigenvalue weighted by Crippen LogP contribution is 2.20. The van der Waals surface area contributed by atoms with Gasteiger partial charge in [0.05, 0.1) is 18.7 Å². The van der Waals surface area contributed by atoms with E-state index in [1.807, 2.05) is 30.3 Å². The number of carbonyl (C=O) groups excluding carboxylic acids is 2. The third kappa shape index (κ3) is 4.48. The molecule has 4 rings (SSSR count). The van der Waals surface area contributed by atoms with Crippen LogP contribution in [0.15, 0.2) is 41.1 Å². The van der Waals surface area contributed by atoms with E-state index in [1.54, 1.807) is 22.7 Å². The van der Waals surface area contributed by atoms with Gasteiger partial charge in [0.15, 0.2) is 11.5 Å². The highest BCUT2D eigenvalue weighted by molar-refractivity contribution is 5.89. The van der Waals surface area contributed by atoms with Crippen LogP contribution >= 0.6 is 0 Å². The van der Waals surface area contributed by atoms with Gasteiger partial charge in [0.2, 0.25) is 11.8 Å². The van der Waals surface area contributed by atoms with Crippen molar-refractivity contribution in [3.63, 3.8) is 0 Å². The van der Waals surface area contributed by atoms with Gasteiger partial charge in [-0.2, -0.15) is 4.98 Å². The number of likely N-dealkylation sites (tertiary alicyclic amines) is 1. The Hall–Kier alpha value is -3.56. The molecule has 1 aliphatic heterocycles. The lowest BCUT2D eigenvalue weighted by Gasteiger charge is -2.16. The van der Waals surface area contributed by atoms with Gasteiger partial charge in [-0.15, -0.1) is 5.10 Å². The minimum atomic E-state index is -0.334. The number of aromatic nitrogens is 5. The fourth-order valence-corrected chi connectivity index (χ4v) is 3.25. The zero-order valence-corrected chi connectivity index (χ0v) is 16.0. The van der Waals surface area contributed by atoms with Crippen molar-refractivity contribution in [1.82, 2.24) is 35.4 Å². The van der Waals surface area contributed by atoms with Crippen molar-refractivity contribution in [2.24, 2.45) is 5.92 Å². The quantitative estimate of drug-likeness (QED) is 0.628. The van der Waals surface area contributed by atoms with Crippen molar-refractivity contribution in [2.45, 2.75) is 26.4 Å². The maximum atomic E-state index is 12.4. The molecule has 1 saturated heterocycles. The van der Waals surface area contributed by atoms with Crippen molar-refractivity contribution in [2.75, 3.05) is 13.1 Å². The Morgan fingerprint density at radius 1 is 1.31 bits per heavy atom. The highest BCUT2D eigenvalue weighted by atomic mass is 16.5. The van der Waals surface area contributed by atoms with Gasteiger partial charge in [-0.3, -0.25) is 9.59 Å². The Kier molecular flexibility index (Phi) is 5.32. The molecule has 0 radical (unpaired) electrons. The molecular formula is C19H21N7O3. The second-order valence-electron chi connectivity index (χ2n) is 6.97. The smallest absolute Gasteiger partial charge is 0.280 e. The lowest BCUT2D eigenvalue weighted by Crippen LogP contribution is -2.34. The van der Waals surface area contributed by atoms with Crippen LogP contribution in [0.3, 0.4) is 0 Å². The maximum Gasteiger partial charge on any atom is 0.280 e. The van der Waals surface area contributed by atoms with Crippen LogP contribution in [0, 0.1) is 12.8 Å². The molecule has 1 atom stereocenters. The molecule has 150 valence electrons. The predicted molar refractivity (Wildman–Crippen MR) is 101 cm³/mol. The zero-order chi connectivity index (χ0) is 20.2. The van der Waals surface area contributed by atoms with Gasteiger partial charge in [-0.25, -0.2) is 4.68 Å². The van der Waals surface area contributed by atoms with Crippen LogP contribution in [-0.2, 0) is 22.7 Å². The van der Waals surface area contributed by atoms with Gasteiger partial charge in [0.25, 0.3) is 5.89 Å². The van der Waals surface area contributed by atoms with Crippen LogP contribution in [0.5, 0.6) is 0 Å². The van der Waals surface area contributed by atoms with E-state index in [0.717, 1.165) is 5.56 Å². The van der Waals surface area contributed by atoms with Gasteiger partial charge in [0.1, 0.15) is 0 Å². The third-order valence-corrected chi connectivity index (χ3v) is 4.73. The van der Waals surface area contributed by atoms with Gasteiger partial charge in [-0.1, -0.05) is 40.7 Å². The van der Waals surface area contributed by atoms with Crippen molar-refractivity contribution in [3.8, 4) is 11.6 Å². The van der Waals surface area contributed by atoms with Crippen LogP contribution in [0.4, 0.5) is 0 Å². The van der Waals surface area contributed by atoms with Crippen molar-refractivity contribution in [3.05, 3.63) is 47.9 Å². The molecule has 0 unspecified atom stereocenters. The zero-order valence-electron chi connectivity index (χ0n) is 16.0. The van der Waals surface area contributed by atoms with Gasteiger partial charge in [0, 0.05) is 26.1 Å². The molecule has 1 aliphatic rings. The first-order valence-electron chi connectivity index (χ1n) is 9.39. The van der Waals surface area contributed by atoms with E-state index >= 15 is 0 Å². The molecule has 0 spiro atoms. The SMILES string of the molecule is Cc1noc(-c2cn(CCNC(=O)[C@@H]3CC(=O)N(Cc4ccccc4)C3)nn2)n1. The van der Waals surface area contributed by atoms with Crippen LogP contribution in [0.2, 0.25) is 0 Å². The number of carbonyl (C=O) groups is 2. The summed E-state index contributed by atoms with van der Waals surface area (Å²) in [7, 11) is 0. The molecule has 2 aromatic heterocycles. The molecule has 1 aromatic carbocycles. The molecule has 29 heavy (non-hydrogen) atoms. The van der Waals surface area contributed by atoms with Crippen LogP contribution in [0.1, 0.15) is 17.8 Å². The standard InChI is InChI=1S/C19H21N7O3/c1-13-21-19(29-23-13)16-12-26(24-22-16)8-7-20-18(28)15-9-17(27)25(11-15)10-14-5-3-2-4-6-14/h2-6,12,15H,7-11H2,1H3,(H,20,28)/t15-/m1/s1. The van der Waals surface area contributed by atoms with Crippen molar-refractivity contribution < 1.29 is 14.1 Å². The van der Waals surface area contributed by atoms with E-state index in [1.165, 1.54) is 0 Å². The second-order valence-corrected chi connectivity index (χ2v) is 6.97. The van der Waals surface area contributed by atoms with E-state index in [2.05, 4.69) is 25.8 Å². The number of nitrogens with zero attached hydrogens (tertiary/aromatic N) is 6. The topological polar surface area (TPSA) is 119 Å². The highest BCUT2D eigenvalue weighted by Gasteiger charge is 2.34. The fraction of sp³-hybridized carbons (Fsp3) is 0.368. The average Bonchev–Trinajstić information content (AvgIpc) is 3.44. The van der Waals surface area contributed by atoms with Gasteiger partial charge < -0.3 is 14.7 Å². The fourth-order valence-electron chi connectivity index (χ4n) is 3.25. The number of hydrogen-bond acceptors (Lipinski definition) is 7. The summed E-state index contributed by atoms with van der Waals surface area (Å²) < 4.78 is 6.65. The molecule has 2 amide bonds. The molecular weight excluding hydrogens is 374 g/mol. The molecule has 10 heteroatoms. The summed E-state index contributed by atoms with van der Waals surface area (Å²) in [6.45, 7) is 3.51. The summed E-state index contributed by atoms with van der Waals surface area (Å²) in [5, 5.41) is 14.6. The van der Waals surface area contributed by atoms with E-state index in [-0.39, 0.29) is 24.2 Å². The molecule has 1 N–H and O–H groups in total. The van der Waals surface area contributed by atoms with E-state index in [4.69, 9.17) is 4.52 Å². The molecule has 3 aromatic rings. The second kappa shape index (κ2) is 8.21. The van der Waals surface area contributed by atoms with E-state index in [9.17, 15) is 9.59 Å². The first kappa shape index (κ1) is 18.8. The van der Waals surface area contributed by atoms with Crippen molar-refractivity contribution in [1.29, 1.82) is 0 Å². The largest absolute Gasteiger partial charge is 0.354 e. The van der Waals surface area contributed by atoms with E-state index < -0.39 is 0 Å². The lowest BCUT2D eigenvalue weighted by atomic mass is 10.1. The van der Waals surface area contributed by atoms with Crippen LogP contribution in [-0.4, -0.2) is 54.9 Å². The molecule has 0 aliphatic carbocycles. The number of nitrogens with one attached hydrogen (secondary N) is 1. The Labute approximate surface area is 166 Å². The van der Waals surface area contributed by atoms with Gasteiger partial charge in [-0.05, 0) is 12.5 Å². The van der Waals surface area contributed by atoms with E-state index in [0.29, 0.717) is 43.6 Å². The van der Waals surface area contributed by atoms with Crippen LogP contribution in [0.25, 0.3) is 11.6 Å². The minimum absolute atomic E-state index is 0.00442. The Balaban J connectivity index is 1.25. The predicted octanol–water partition coefficient (Wildman–Crippen LogP) is 0.801. The number of hydrogen-bond donors (Lipinski definition) is 1. The minimum Gasteiger partial charge on any atom is -0.354 e. The normalized spacial score (nSPS) is 16.4. The molecule has 0 saturated carbocycles. The Bertz CT molecular complexity index is 998. The summed E-state index contributed by atoms with van der Waals surface area (Å²) in [5.74, 6) is 0.375. The maximum absolute atomic E-state index is 12.4. The average molecular weight is 395 g/mol. The summed E-state index contributed by atoms with van der Waals surface area (Å²) in [6, 6.07) is 9.77. The van der Waals surface area contributed by atoms with Gasteiger partial charge >= 0.3 is 0 Å². The molecule has 3 heterocycles. The molecule has 1 fully saturated rings. The third-order valence-electron chi connectivity index (χ3n) is 4.73. The summed E-state index contributed by atoms with van der Waals surface area (Å²) in [6.07, 6.45) is 1.92. The number of aryl methyl sites for hydroxylation is 1.